The summed E-state index contributed by atoms with van der Waals surface area (Å²) < 4.78 is 0. The third-order valence-electron chi connectivity index (χ3n) is 3.66. The molecule has 7 nitrogen and oxygen atoms in total. The number of hydrogen-bond donors (Lipinski definition) is 1. The summed E-state index contributed by atoms with van der Waals surface area (Å²) in [6.45, 7) is -0.0323. The van der Waals surface area contributed by atoms with E-state index in [-0.39, 0.29) is 29.9 Å². The number of nitro groups is 1. The first-order valence-electron chi connectivity index (χ1n) is 6.77. The molecule has 0 radical (unpaired) electrons. The van der Waals surface area contributed by atoms with Gasteiger partial charge in [-0.05, 0) is 18.9 Å². The molecule has 0 unspecified atom stereocenters. The lowest BCUT2D eigenvalue weighted by Crippen LogP contribution is -2.41. The summed E-state index contributed by atoms with van der Waals surface area (Å²) in [5.74, 6) is -0.480. The normalized spacial score (nSPS) is 15.1. The molecule has 1 fully saturated rings. The van der Waals surface area contributed by atoms with Crippen LogP contribution in [0.3, 0.4) is 0 Å². The molecule has 2 rings (SSSR count). The SMILES string of the molecule is O=C(c1ccnc(Cl)c1[N+](=O)[O-])N(CCO)C1CCCC1. The van der Waals surface area contributed by atoms with Crippen molar-refractivity contribution in [1.82, 2.24) is 9.88 Å². The largest absolute Gasteiger partial charge is 0.395 e. The first-order chi connectivity index (χ1) is 10.1. The number of rotatable bonds is 5. The van der Waals surface area contributed by atoms with E-state index >= 15 is 0 Å². The Bertz CT molecular complexity index is 546. The Balaban J connectivity index is 2.36. The van der Waals surface area contributed by atoms with Crippen molar-refractivity contribution in [2.75, 3.05) is 13.2 Å². The molecular weight excluding hydrogens is 298 g/mol. The van der Waals surface area contributed by atoms with Crippen molar-refractivity contribution < 1.29 is 14.8 Å². The van der Waals surface area contributed by atoms with E-state index in [1.165, 1.54) is 17.2 Å². The maximum absolute atomic E-state index is 12.6. The van der Waals surface area contributed by atoms with Crippen LogP contribution in [0, 0.1) is 10.1 Å². The van der Waals surface area contributed by atoms with Gasteiger partial charge in [0.05, 0.1) is 11.5 Å². The highest BCUT2D eigenvalue weighted by Gasteiger charge is 2.32. The van der Waals surface area contributed by atoms with Crippen LogP contribution in [0.4, 0.5) is 5.69 Å². The van der Waals surface area contributed by atoms with Gasteiger partial charge in [-0.2, -0.15) is 0 Å². The molecule has 1 heterocycles. The van der Waals surface area contributed by atoms with Gasteiger partial charge in [0.15, 0.2) is 0 Å². The lowest BCUT2D eigenvalue weighted by Gasteiger charge is -2.28. The van der Waals surface area contributed by atoms with Crippen LogP contribution in [0.1, 0.15) is 36.0 Å². The van der Waals surface area contributed by atoms with E-state index in [4.69, 9.17) is 16.7 Å². The average molecular weight is 314 g/mol. The van der Waals surface area contributed by atoms with Crippen molar-refractivity contribution in [2.45, 2.75) is 31.7 Å². The molecule has 0 spiro atoms. The Hall–Kier alpha value is -1.73. The standard InChI is InChI=1S/C13H16ClN3O4/c14-12-11(17(20)21)10(5-6-15-12)13(19)16(7-8-18)9-3-1-2-4-9/h5-6,9,18H,1-4,7-8H2. The molecule has 0 atom stereocenters. The quantitative estimate of drug-likeness (QED) is 0.509. The van der Waals surface area contributed by atoms with Crippen LogP contribution in [0.5, 0.6) is 0 Å². The van der Waals surface area contributed by atoms with E-state index in [2.05, 4.69) is 4.98 Å². The number of aliphatic hydroxyl groups is 1. The summed E-state index contributed by atoms with van der Waals surface area (Å²) >= 11 is 5.74. The number of nitrogens with zero attached hydrogens (tertiary/aromatic N) is 3. The molecule has 1 aromatic heterocycles. The number of aliphatic hydroxyl groups excluding tert-OH is 1. The minimum atomic E-state index is -0.700. The highest BCUT2D eigenvalue weighted by atomic mass is 35.5. The van der Waals surface area contributed by atoms with Gasteiger partial charge in [-0.25, -0.2) is 4.98 Å². The first-order valence-corrected chi connectivity index (χ1v) is 7.14. The second kappa shape index (κ2) is 6.82. The Morgan fingerprint density at radius 2 is 2.19 bits per heavy atom. The number of pyridine rings is 1. The average Bonchev–Trinajstić information content (AvgIpc) is 2.97. The molecule has 1 N–H and O–H groups in total. The molecular formula is C13H16ClN3O4. The molecule has 0 aromatic carbocycles. The maximum Gasteiger partial charge on any atom is 0.319 e. The second-order valence-corrected chi connectivity index (χ2v) is 5.27. The Morgan fingerprint density at radius 1 is 1.52 bits per heavy atom. The predicted octanol–water partition coefficient (Wildman–Crippen LogP) is 2.02. The fourth-order valence-electron chi connectivity index (χ4n) is 2.70. The zero-order valence-electron chi connectivity index (χ0n) is 11.4. The molecule has 0 aliphatic heterocycles. The van der Waals surface area contributed by atoms with Crippen LogP contribution in [0.15, 0.2) is 12.3 Å². The summed E-state index contributed by atoms with van der Waals surface area (Å²) in [5.41, 5.74) is -0.564. The Labute approximate surface area is 126 Å². The molecule has 0 saturated heterocycles. The summed E-state index contributed by atoms with van der Waals surface area (Å²) in [4.78, 5) is 28.2. The van der Waals surface area contributed by atoms with Crippen molar-refractivity contribution >= 4 is 23.2 Å². The van der Waals surface area contributed by atoms with Crippen LogP contribution < -0.4 is 0 Å². The molecule has 0 bridgehead atoms. The monoisotopic (exact) mass is 313 g/mol. The molecule has 8 heteroatoms. The predicted molar refractivity (Wildman–Crippen MR) is 76.3 cm³/mol. The third-order valence-corrected chi connectivity index (χ3v) is 3.94. The van der Waals surface area contributed by atoms with Crippen molar-refractivity contribution in [2.24, 2.45) is 0 Å². The van der Waals surface area contributed by atoms with E-state index in [1.54, 1.807) is 0 Å². The van der Waals surface area contributed by atoms with Gasteiger partial charge < -0.3 is 10.0 Å². The summed E-state index contributed by atoms with van der Waals surface area (Å²) in [7, 11) is 0. The van der Waals surface area contributed by atoms with Gasteiger partial charge >= 0.3 is 5.69 Å². The van der Waals surface area contributed by atoms with Crippen LogP contribution in [0.2, 0.25) is 5.15 Å². The van der Waals surface area contributed by atoms with Crippen molar-refractivity contribution in [3.05, 3.63) is 33.1 Å². The summed E-state index contributed by atoms with van der Waals surface area (Å²) in [6.07, 6.45) is 4.99. The van der Waals surface area contributed by atoms with Crippen molar-refractivity contribution in [3.63, 3.8) is 0 Å². The number of carbonyl (C=O) groups excluding carboxylic acids is 1. The third kappa shape index (κ3) is 3.30. The molecule has 1 amide bonds. The highest BCUT2D eigenvalue weighted by Crippen LogP contribution is 2.30. The van der Waals surface area contributed by atoms with Crippen LogP contribution in [-0.2, 0) is 0 Å². The maximum atomic E-state index is 12.6. The number of amides is 1. The van der Waals surface area contributed by atoms with Gasteiger partial charge in [0.2, 0.25) is 5.15 Å². The molecule has 1 aliphatic carbocycles. The van der Waals surface area contributed by atoms with Crippen molar-refractivity contribution in [1.29, 1.82) is 0 Å². The smallest absolute Gasteiger partial charge is 0.319 e. The van der Waals surface area contributed by atoms with Crippen LogP contribution in [0.25, 0.3) is 0 Å². The fraction of sp³-hybridized carbons (Fsp3) is 0.538. The lowest BCUT2D eigenvalue weighted by molar-refractivity contribution is -0.385. The molecule has 1 aliphatic rings. The number of carbonyl (C=O) groups is 1. The van der Waals surface area contributed by atoms with E-state index in [0.717, 1.165) is 25.7 Å². The van der Waals surface area contributed by atoms with Crippen LogP contribution in [-0.4, -0.2) is 45.0 Å². The number of halogens is 1. The van der Waals surface area contributed by atoms with E-state index < -0.39 is 16.5 Å². The molecule has 1 aromatic rings. The van der Waals surface area contributed by atoms with Gasteiger partial charge in [0, 0.05) is 18.8 Å². The van der Waals surface area contributed by atoms with E-state index in [9.17, 15) is 14.9 Å². The fourth-order valence-corrected chi connectivity index (χ4v) is 2.93. The van der Waals surface area contributed by atoms with Gasteiger partial charge in [-0.15, -0.1) is 0 Å². The summed E-state index contributed by atoms with van der Waals surface area (Å²) in [6, 6.07) is 1.31. The van der Waals surface area contributed by atoms with Gasteiger partial charge in [0.25, 0.3) is 5.91 Å². The molecule has 114 valence electrons. The lowest BCUT2D eigenvalue weighted by atomic mass is 10.1. The molecule has 21 heavy (non-hydrogen) atoms. The number of hydrogen-bond acceptors (Lipinski definition) is 5. The minimum absolute atomic E-state index is 0.0104. The van der Waals surface area contributed by atoms with Gasteiger partial charge in [0.1, 0.15) is 5.56 Å². The van der Waals surface area contributed by atoms with Gasteiger partial charge in [-0.3, -0.25) is 14.9 Å². The Morgan fingerprint density at radius 3 is 2.76 bits per heavy atom. The first kappa shape index (κ1) is 15.7. The van der Waals surface area contributed by atoms with Crippen molar-refractivity contribution in [3.8, 4) is 0 Å². The van der Waals surface area contributed by atoms with E-state index in [1.807, 2.05) is 0 Å². The second-order valence-electron chi connectivity index (χ2n) is 4.92. The summed E-state index contributed by atoms with van der Waals surface area (Å²) in [5, 5.41) is 20.0. The minimum Gasteiger partial charge on any atom is -0.395 e. The topological polar surface area (TPSA) is 96.6 Å². The zero-order valence-corrected chi connectivity index (χ0v) is 12.1. The number of aromatic nitrogens is 1. The van der Waals surface area contributed by atoms with Gasteiger partial charge in [-0.1, -0.05) is 24.4 Å². The zero-order chi connectivity index (χ0) is 15.4. The Kier molecular flexibility index (Phi) is 5.08. The van der Waals surface area contributed by atoms with Crippen LogP contribution >= 0.6 is 11.6 Å². The van der Waals surface area contributed by atoms with E-state index in [0.29, 0.717) is 0 Å². The highest BCUT2D eigenvalue weighted by molar-refractivity contribution is 6.32. The molecule has 1 saturated carbocycles.